The number of alkyl halides is 3. The van der Waals surface area contributed by atoms with Crippen molar-refractivity contribution in [2.24, 2.45) is 0 Å². The molecule has 16 aromatic rings. The third kappa shape index (κ3) is 21.5. The number of rotatable bonds is 28. The zero-order valence-electron chi connectivity index (χ0n) is 71.9. The highest BCUT2D eigenvalue weighted by Gasteiger charge is 2.50. The number of aryl methyl sites for hydroxylation is 4. The third-order valence-electron chi connectivity index (χ3n) is 20.0. The van der Waals surface area contributed by atoms with Gasteiger partial charge in [-0.3, -0.25) is 19.2 Å². The van der Waals surface area contributed by atoms with Crippen LogP contribution in [0.25, 0.3) is 44.1 Å². The van der Waals surface area contributed by atoms with Crippen molar-refractivity contribution in [1.82, 2.24) is 58.8 Å². The largest absolute Gasteiger partial charge is 0.534 e. The van der Waals surface area contributed by atoms with E-state index in [1.54, 1.807) is 64.1 Å². The van der Waals surface area contributed by atoms with E-state index in [2.05, 4.69) is 79.0 Å². The van der Waals surface area contributed by atoms with Crippen molar-refractivity contribution in [2.45, 2.75) is 92.5 Å². The molecule has 0 aliphatic heterocycles. The first-order chi connectivity index (χ1) is 63.8. The maximum Gasteiger partial charge on any atom is 0.534 e. The highest BCUT2D eigenvalue weighted by atomic mass is 32.2. The fourth-order valence-electron chi connectivity index (χ4n) is 13.8. The Hall–Kier alpha value is -16.5. The topological polar surface area (TPSA) is 395 Å². The number of halogens is 3. The number of nitrogens with zero attached hydrogens (tertiary/aromatic N) is 12. The number of pyridine rings is 4. The number of carbonyl (C=O) groups is 3. The third-order valence-corrected chi connectivity index (χ3v) is 21.0. The molecule has 0 saturated heterocycles. The molecule has 0 radical (unpaired) electrons. The van der Waals surface area contributed by atoms with Crippen LogP contribution in [0.1, 0.15) is 131 Å². The van der Waals surface area contributed by atoms with Gasteiger partial charge >= 0.3 is 50.2 Å². The second kappa shape index (κ2) is 42.8. The Labute approximate surface area is 751 Å². The summed E-state index contributed by atoms with van der Waals surface area (Å²) in [4.78, 5) is 147. The van der Waals surface area contributed by atoms with Gasteiger partial charge in [-0.1, -0.05) is 243 Å². The van der Waals surface area contributed by atoms with Crippen molar-refractivity contribution in [1.29, 1.82) is 0 Å². The Kier molecular flexibility index (Phi) is 30.2. The van der Waals surface area contributed by atoms with Gasteiger partial charge in [0, 0.05) is 6.07 Å². The zero-order chi connectivity index (χ0) is 93.6. The van der Waals surface area contributed by atoms with E-state index < -0.39 is 83.9 Å². The minimum absolute atomic E-state index is 0.0604. The first-order valence-electron chi connectivity index (χ1n) is 41.0. The molecule has 0 bridgehead atoms. The zero-order valence-corrected chi connectivity index (χ0v) is 72.7. The number of nitrogens with one attached hydrogen (secondary N) is 2. The Balaban J connectivity index is 0.000000151. The summed E-state index contributed by atoms with van der Waals surface area (Å²) in [5.41, 5.74) is -0.535. The lowest BCUT2D eigenvalue weighted by atomic mass is 9.97. The lowest BCUT2D eigenvalue weighted by molar-refractivity contribution is -0.0500. The summed E-state index contributed by atoms with van der Waals surface area (Å²) in [5.74, 6) is -4.83. The molecular formula is C96H85F3N14O18S. The molecule has 8 aromatic heterocycles. The second-order valence-electron chi connectivity index (χ2n) is 28.8. The van der Waals surface area contributed by atoms with Crippen LogP contribution in [0.2, 0.25) is 0 Å². The minimum atomic E-state index is -6.27. The average Bonchev–Trinajstić information content (AvgIpc) is 0.734. The van der Waals surface area contributed by atoms with Gasteiger partial charge in [0.1, 0.15) is 57.5 Å². The lowest BCUT2D eigenvalue weighted by Gasteiger charge is -2.24. The van der Waals surface area contributed by atoms with Crippen molar-refractivity contribution in [3.8, 4) is 11.5 Å². The summed E-state index contributed by atoms with van der Waals surface area (Å²) in [6.45, 7) is 11.4. The number of hydrogen-bond acceptors (Lipinski definition) is 28. The van der Waals surface area contributed by atoms with Gasteiger partial charge in [-0.25, -0.2) is 54.3 Å². The van der Waals surface area contributed by atoms with E-state index in [0.717, 1.165) is 65.8 Å². The van der Waals surface area contributed by atoms with E-state index in [4.69, 9.17) is 33.6 Å². The van der Waals surface area contributed by atoms with Crippen LogP contribution in [-0.2, 0) is 50.8 Å². The summed E-state index contributed by atoms with van der Waals surface area (Å²) in [5, 5.41) is 18.5. The van der Waals surface area contributed by atoms with Gasteiger partial charge in [0.05, 0.1) is 87.6 Å². The standard InChI is InChI=1S/C31H28N4O4.C28H24N4O2.C19H16F3N3O7S.C18H17N3O5/c1-3-38-31(37)26-28(34-27(23-15-9-5-10-16-23)24-17-11-6-12-18-24)25-21(2)32-20-33-29(25)35(30(26)36)39-19-22-13-7-4-8-14-22;1-20-26-24(31-27(22-13-7-3-8-14-22)23-15-9-4-10-16-23)17-25(33)32(28(26)30-19-29-20)34-18-21-11-5-2-6-12-21;1-3-30-18(27)14-15(32-33(28,29)19(20,21)22)13-11(2)23-10-24-16(13)25(17(14)26)31-9-12-7-5-4-6-8-12;1-3-25-18(24)14-15(22)13-11(2)19-10-20-16(13)21(17(14)23)26-9-12-7-5-4-6-8-12/h4-18,20,27,34H,3,19H2,1-2H3;2-17,19,27,31H,18H2,1H3;4-8,10H,3,9H2,1-2H3;4-8,10,22H,3,9H2,1-2H3. The first-order valence-corrected chi connectivity index (χ1v) is 42.4. The van der Waals surface area contributed by atoms with Crippen LogP contribution < -0.4 is 56.4 Å². The van der Waals surface area contributed by atoms with Gasteiger partial charge in [-0.2, -0.15) is 21.6 Å². The molecule has 36 heteroatoms. The van der Waals surface area contributed by atoms with Gasteiger partial charge in [-0.15, -0.1) is 18.9 Å². The average molecular weight is 1810 g/mol. The number of aromatic hydroxyl groups is 1. The van der Waals surface area contributed by atoms with Crippen molar-refractivity contribution >= 4 is 83.5 Å². The highest BCUT2D eigenvalue weighted by Crippen LogP contribution is 2.38. The summed E-state index contributed by atoms with van der Waals surface area (Å²) in [6, 6.07) is 77.8. The molecule has 16 rings (SSSR count). The molecular weight excluding hydrogens is 1730 g/mol. The van der Waals surface area contributed by atoms with E-state index in [9.17, 15) is 60.3 Å². The van der Waals surface area contributed by atoms with Crippen LogP contribution in [-0.4, -0.2) is 116 Å². The number of benzene rings is 8. The Morgan fingerprint density at radius 1 is 0.379 bits per heavy atom. The van der Waals surface area contributed by atoms with Crippen LogP contribution in [0, 0.1) is 27.7 Å². The fraction of sp³-hybridized carbons (Fsp3) is 0.177. The van der Waals surface area contributed by atoms with Gasteiger partial charge in [0.2, 0.25) is 0 Å². The molecule has 0 amide bonds. The Bertz CT molecular complexity index is 7090. The first kappa shape index (κ1) is 93.1. The Morgan fingerprint density at radius 3 is 1.04 bits per heavy atom. The number of carbonyl (C=O) groups excluding carboxylic acids is 3. The molecule has 0 fully saturated rings. The van der Waals surface area contributed by atoms with Crippen LogP contribution in [0.4, 0.5) is 24.5 Å². The maximum absolute atomic E-state index is 13.9. The SMILES string of the molecule is CCOC(=O)c1c(NC(c2ccccc2)c2ccccc2)c2c(C)ncnc2n(OCc2ccccc2)c1=O.CCOC(=O)c1c(O)c2c(C)ncnc2n(OCc2ccccc2)c1=O.CCOC(=O)c1c(OS(=O)(=O)C(F)(F)F)c2c(C)ncnc2n(OCc2ccccc2)c1=O.Cc1ncnc2c1c(NC(c1ccccc1)c1ccccc1)cc(=O)n2OCc1ccccc1. The van der Waals surface area contributed by atoms with Gasteiger partial charge in [0.15, 0.2) is 45.0 Å². The van der Waals surface area contributed by atoms with Crippen LogP contribution in [0.15, 0.2) is 293 Å². The van der Waals surface area contributed by atoms with Crippen molar-refractivity contribution < 1.29 is 78.8 Å². The van der Waals surface area contributed by atoms with E-state index >= 15 is 0 Å². The Morgan fingerprint density at radius 2 is 0.667 bits per heavy atom. The molecule has 3 N–H and O–H groups in total. The lowest BCUT2D eigenvalue weighted by Crippen LogP contribution is -2.35. The number of hydrogen-bond donors (Lipinski definition) is 3. The van der Waals surface area contributed by atoms with E-state index in [-0.39, 0.29) is 91.8 Å². The van der Waals surface area contributed by atoms with Crippen LogP contribution in [0.5, 0.6) is 11.5 Å². The molecule has 0 spiro atoms. The molecule has 0 atom stereocenters. The van der Waals surface area contributed by atoms with Gasteiger partial charge in [-0.05, 0) is 93.0 Å². The smallest absolute Gasteiger partial charge is 0.506 e. The van der Waals surface area contributed by atoms with Gasteiger partial charge < -0.3 is 53.5 Å². The molecule has 674 valence electrons. The number of fused-ring (bicyclic) bond motifs is 4. The number of anilines is 2. The maximum atomic E-state index is 13.9. The monoisotopic (exact) mass is 1810 g/mol. The predicted octanol–water partition coefficient (Wildman–Crippen LogP) is 13.8. The number of esters is 3. The normalized spacial score (nSPS) is 11.2. The van der Waals surface area contributed by atoms with Gasteiger partial charge in [0.25, 0.3) is 5.56 Å². The van der Waals surface area contributed by atoms with E-state index in [0.29, 0.717) is 44.1 Å². The van der Waals surface area contributed by atoms with E-state index in [1.165, 1.54) is 37.6 Å². The minimum Gasteiger partial charge on any atom is -0.506 e. The molecule has 32 nitrogen and oxygen atoms in total. The van der Waals surface area contributed by atoms with Crippen LogP contribution in [0.3, 0.4) is 0 Å². The fourth-order valence-corrected chi connectivity index (χ4v) is 14.3. The molecule has 0 unspecified atom stereocenters. The highest BCUT2D eigenvalue weighted by molar-refractivity contribution is 7.88. The quantitative estimate of drug-likeness (QED) is 0.0177. The predicted molar refractivity (Wildman–Crippen MR) is 483 cm³/mol. The molecule has 8 aromatic carbocycles. The van der Waals surface area contributed by atoms with Crippen molar-refractivity contribution in [3.63, 3.8) is 0 Å². The number of aromatic nitrogens is 12. The molecule has 0 aliphatic carbocycles. The van der Waals surface area contributed by atoms with Crippen molar-refractivity contribution in [2.75, 3.05) is 30.5 Å². The second-order valence-corrected chi connectivity index (χ2v) is 30.3. The molecule has 0 saturated carbocycles. The molecule has 8 heterocycles. The summed E-state index contributed by atoms with van der Waals surface area (Å²) in [7, 11) is -6.27. The van der Waals surface area contributed by atoms with Crippen molar-refractivity contribution in [3.05, 3.63) is 399 Å². The summed E-state index contributed by atoms with van der Waals surface area (Å²) < 4.78 is 85.5. The van der Waals surface area contributed by atoms with Crippen LogP contribution >= 0.6 is 0 Å². The number of ether oxygens (including phenoxy) is 3. The summed E-state index contributed by atoms with van der Waals surface area (Å²) >= 11 is 0. The van der Waals surface area contributed by atoms with E-state index in [1.807, 2.05) is 195 Å². The summed E-state index contributed by atoms with van der Waals surface area (Å²) in [6.07, 6.45) is 5.06. The molecule has 132 heavy (non-hydrogen) atoms. The molecule has 0 aliphatic rings.